The van der Waals surface area contributed by atoms with Crippen LogP contribution in [0, 0.1) is 6.92 Å². The van der Waals surface area contributed by atoms with Gasteiger partial charge in [0.15, 0.2) is 0 Å². The Morgan fingerprint density at radius 1 is 1.10 bits per heavy atom. The van der Waals surface area contributed by atoms with Gasteiger partial charge in [0.2, 0.25) is 5.91 Å². The topological polar surface area (TPSA) is 66.4 Å². The van der Waals surface area contributed by atoms with Gasteiger partial charge in [-0.05, 0) is 55.6 Å². The molecule has 0 unspecified atom stereocenters. The van der Waals surface area contributed by atoms with Gasteiger partial charge in [-0.1, -0.05) is 40.9 Å². The molecule has 1 aliphatic heterocycles. The van der Waals surface area contributed by atoms with Gasteiger partial charge in [0, 0.05) is 24.3 Å². The highest BCUT2D eigenvalue weighted by molar-refractivity contribution is 7.08. The SMILES string of the molecule is CC(=O)N(c1ccccc1)[C@@H]1C[C@H](C)N(C(=O)c2snnc2C)c2ccccc21. The van der Waals surface area contributed by atoms with E-state index in [2.05, 4.69) is 9.59 Å². The molecule has 148 valence electrons. The third kappa shape index (κ3) is 3.42. The first kappa shape index (κ1) is 19.3. The normalized spacial score (nSPS) is 18.2. The second-order valence-corrected chi connectivity index (χ2v) is 8.00. The van der Waals surface area contributed by atoms with Crippen molar-refractivity contribution >= 4 is 34.7 Å². The number of carbonyl (C=O) groups is 2. The molecule has 3 aromatic rings. The highest BCUT2D eigenvalue weighted by Gasteiger charge is 2.38. The summed E-state index contributed by atoms with van der Waals surface area (Å²) in [6.45, 7) is 5.41. The molecule has 0 radical (unpaired) electrons. The van der Waals surface area contributed by atoms with Gasteiger partial charge in [0.25, 0.3) is 5.91 Å². The van der Waals surface area contributed by atoms with Gasteiger partial charge < -0.3 is 9.80 Å². The van der Waals surface area contributed by atoms with Crippen molar-refractivity contribution in [2.45, 2.75) is 39.3 Å². The first-order valence-electron chi connectivity index (χ1n) is 9.55. The molecule has 0 spiro atoms. The van der Waals surface area contributed by atoms with Gasteiger partial charge >= 0.3 is 0 Å². The van der Waals surface area contributed by atoms with Crippen LogP contribution < -0.4 is 9.80 Å². The molecule has 29 heavy (non-hydrogen) atoms. The number of anilines is 2. The predicted molar refractivity (Wildman–Crippen MR) is 114 cm³/mol. The highest BCUT2D eigenvalue weighted by atomic mass is 32.1. The van der Waals surface area contributed by atoms with Gasteiger partial charge in [-0.15, -0.1) is 5.10 Å². The fourth-order valence-corrected chi connectivity index (χ4v) is 4.64. The molecule has 2 atom stereocenters. The number of hydrogen-bond acceptors (Lipinski definition) is 5. The molecule has 4 rings (SSSR count). The lowest BCUT2D eigenvalue weighted by Crippen LogP contribution is -2.47. The zero-order valence-electron chi connectivity index (χ0n) is 16.6. The van der Waals surface area contributed by atoms with E-state index in [1.165, 1.54) is 0 Å². The predicted octanol–water partition coefficient (Wildman–Crippen LogP) is 4.38. The molecule has 6 nitrogen and oxygen atoms in total. The zero-order chi connectivity index (χ0) is 20.5. The Bertz CT molecular complexity index is 1050. The van der Waals surface area contributed by atoms with Crippen LogP contribution >= 0.6 is 11.5 Å². The number of aryl methyl sites for hydroxylation is 1. The first-order chi connectivity index (χ1) is 14.0. The van der Waals surface area contributed by atoms with E-state index in [1.807, 2.05) is 71.3 Å². The van der Waals surface area contributed by atoms with Crippen LogP contribution in [0.4, 0.5) is 11.4 Å². The largest absolute Gasteiger partial charge is 0.305 e. The number of carbonyl (C=O) groups excluding carboxylic acids is 2. The van der Waals surface area contributed by atoms with E-state index in [0.29, 0.717) is 17.0 Å². The molecule has 2 aromatic carbocycles. The summed E-state index contributed by atoms with van der Waals surface area (Å²) < 4.78 is 3.92. The summed E-state index contributed by atoms with van der Waals surface area (Å²) in [5.74, 6) is -0.115. The summed E-state index contributed by atoms with van der Waals surface area (Å²) in [4.78, 5) is 30.1. The van der Waals surface area contributed by atoms with E-state index in [9.17, 15) is 9.59 Å². The summed E-state index contributed by atoms with van der Waals surface area (Å²) >= 11 is 1.12. The summed E-state index contributed by atoms with van der Waals surface area (Å²) in [5.41, 5.74) is 3.29. The van der Waals surface area contributed by atoms with Crippen LogP contribution in [0.15, 0.2) is 54.6 Å². The molecule has 2 amide bonds. The standard InChI is InChI=1S/C22H22N4O2S/c1-14-13-20(26(16(3)27)17-9-5-4-6-10-17)18-11-7-8-12-19(18)25(14)22(28)21-15(2)23-24-29-21/h4-12,14,20H,13H2,1-3H3/t14-,20+/m0/s1. The monoisotopic (exact) mass is 406 g/mol. The van der Waals surface area contributed by atoms with Crippen molar-refractivity contribution in [2.24, 2.45) is 0 Å². The second-order valence-electron chi connectivity index (χ2n) is 7.25. The van der Waals surface area contributed by atoms with Crippen LogP contribution in [0.2, 0.25) is 0 Å². The lowest BCUT2D eigenvalue weighted by Gasteiger charge is -2.43. The van der Waals surface area contributed by atoms with E-state index in [0.717, 1.165) is 28.5 Å². The van der Waals surface area contributed by atoms with Crippen molar-refractivity contribution in [3.8, 4) is 0 Å². The Labute approximate surface area is 173 Å². The van der Waals surface area contributed by atoms with Crippen molar-refractivity contribution < 1.29 is 9.59 Å². The Balaban J connectivity index is 1.80. The molecule has 7 heteroatoms. The molecule has 0 fully saturated rings. The minimum atomic E-state index is -0.147. The summed E-state index contributed by atoms with van der Waals surface area (Å²) in [6, 6.07) is 17.3. The number of nitrogens with zero attached hydrogens (tertiary/aromatic N) is 4. The van der Waals surface area contributed by atoms with Crippen LogP contribution in [0.3, 0.4) is 0 Å². The fraction of sp³-hybridized carbons (Fsp3) is 0.273. The van der Waals surface area contributed by atoms with Gasteiger partial charge in [-0.2, -0.15) is 0 Å². The van der Waals surface area contributed by atoms with Crippen LogP contribution in [-0.2, 0) is 4.79 Å². The van der Waals surface area contributed by atoms with E-state index in [-0.39, 0.29) is 23.9 Å². The number of aromatic nitrogens is 2. The highest BCUT2D eigenvalue weighted by Crippen LogP contribution is 2.42. The molecule has 1 aromatic heterocycles. The van der Waals surface area contributed by atoms with Gasteiger partial charge in [-0.25, -0.2) is 0 Å². The van der Waals surface area contributed by atoms with Gasteiger partial charge in [-0.3, -0.25) is 9.59 Å². The van der Waals surface area contributed by atoms with E-state index >= 15 is 0 Å². The third-order valence-corrected chi connectivity index (χ3v) is 6.13. The number of rotatable bonds is 3. The first-order valence-corrected chi connectivity index (χ1v) is 10.3. The lowest BCUT2D eigenvalue weighted by atomic mass is 9.89. The minimum absolute atomic E-state index is 0.0227. The lowest BCUT2D eigenvalue weighted by molar-refractivity contribution is -0.117. The quantitative estimate of drug-likeness (QED) is 0.647. The van der Waals surface area contributed by atoms with E-state index in [4.69, 9.17) is 0 Å². The second kappa shape index (κ2) is 7.75. The van der Waals surface area contributed by atoms with E-state index in [1.54, 1.807) is 13.8 Å². The van der Waals surface area contributed by atoms with Crippen LogP contribution in [0.5, 0.6) is 0 Å². The molecular weight excluding hydrogens is 384 g/mol. The Hall–Kier alpha value is -3.06. The summed E-state index contributed by atoms with van der Waals surface area (Å²) in [5, 5.41) is 3.99. The van der Waals surface area contributed by atoms with Crippen LogP contribution in [0.25, 0.3) is 0 Å². The van der Waals surface area contributed by atoms with Crippen LogP contribution in [-0.4, -0.2) is 27.4 Å². The Kier molecular flexibility index (Phi) is 5.15. The number of fused-ring (bicyclic) bond motifs is 1. The Morgan fingerprint density at radius 3 is 2.45 bits per heavy atom. The number of amides is 2. The van der Waals surface area contributed by atoms with Crippen molar-refractivity contribution in [1.82, 2.24) is 9.59 Å². The van der Waals surface area contributed by atoms with Crippen molar-refractivity contribution in [1.29, 1.82) is 0 Å². The molecule has 0 saturated heterocycles. The molecule has 0 bridgehead atoms. The van der Waals surface area contributed by atoms with Crippen molar-refractivity contribution in [3.63, 3.8) is 0 Å². The van der Waals surface area contributed by atoms with Crippen molar-refractivity contribution in [2.75, 3.05) is 9.80 Å². The van der Waals surface area contributed by atoms with Crippen molar-refractivity contribution in [3.05, 3.63) is 70.7 Å². The molecule has 0 aliphatic carbocycles. The summed E-state index contributed by atoms with van der Waals surface area (Å²) in [6.07, 6.45) is 0.641. The minimum Gasteiger partial charge on any atom is -0.305 e. The molecule has 1 aliphatic rings. The van der Waals surface area contributed by atoms with E-state index < -0.39 is 0 Å². The average Bonchev–Trinajstić information content (AvgIpc) is 3.14. The third-order valence-electron chi connectivity index (χ3n) is 5.31. The summed E-state index contributed by atoms with van der Waals surface area (Å²) in [7, 11) is 0. The number of para-hydroxylation sites is 2. The number of benzene rings is 2. The molecule has 0 N–H and O–H groups in total. The maximum absolute atomic E-state index is 13.3. The van der Waals surface area contributed by atoms with Gasteiger partial charge in [0.05, 0.1) is 11.7 Å². The molecule has 0 saturated carbocycles. The molecular formula is C22H22N4O2S. The maximum atomic E-state index is 13.3. The zero-order valence-corrected chi connectivity index (χ0v) is 17.4. The van der Waals surface area contributed by atoms with Crippen LogP contribution in [0.1, 0.15) is 47.2 Å². The maximum Gasteiger partial charge on any atom is 0.272 e. The molecule has 2 heterocycles. The number of hydrogen-bond donors (Lipinski definition) is 0. The van der Waals surface area contributed by atoms with Gasteiger partial charge in [0.1, 0.15) is 4.88 Å². The fourth-order valence-electron chi connectivity index (χ4n) is 4.04. The smallest absolute Gasteiger partial charge is 0.272 e. The Morgan fingerprint density at radius 2 is 1.79 bits per heavy atom. The average molecular weight is 407 g/mol.